The minimum Gasteiger partial charge on any atom is -0.492 e. The molecule has 1 N–H and O–H groups in total. The van der Waals surface area contributed by atoms with Crippen LogP contribution in [0.3, 0.4) is 0 Å². The van der Waals surface area contributed by atoms with Crippen LogP contribution in [0.2, 0.25) is 0 Å². The van der Waals surface area contributed by atoms with E-state index in [1.165, 1.54) is 4.90 Å². The maximum atomic E-state index is 13.1. The number of amides is 1. The SMILES string of the molecule is CCOC(Cc1ccc(OCCN(CCOCC(C)(F)F)C(=O)Oc2ccc(C(C)C)cc2)cc1)C(=O)O. The average Bonchev–Trinajstić information content (AvgIpc) is 2.85. The summed E-state index contributed by atoms with van der Waals surface area (Å²) in [7, 11) is 0. The zero-order chi connectivity index (χ0) is 28.1. The molecular weight excluding hydrogens is 500 g/mol. The molecule has 0 aliphatic heterocycles. The van der Waals surface area contributed by atoms with Crippen molar-refractivity contribution in [1.82, 2.24) is 4.90 Å². The lowest BCUT2D eigenvalue weighted by atomic mass is 10.0. The Labute approximate surface area is 222 Å². The molecule has 0 spiro atoms. The van der Waals surface area contributed by atoms with E-state index in [-0.39, 0.29) is 32.7 Å². The number of ether oxygens (including phenoxy) is 4. The van der Waals surface area contributed by atoms with E-state index in [0.717, 1.165) is 18.1 Å². The number of carboxylic acid groups (broad SMARTS) is 1. The van der Waals surface area contributed by atoms with E-state index < -0.39 is 30.7 Å². The zero-order valence-electron chi connectivity index (χ0n) is 22.3. The van der Waals surface area contributed by atoms with Gasteiger partial charge in [-0.1, -0.05) is 38.1 Å². The van der Waals surface area contributed by atoms with Gasteiger partial charge in [0.2, 0.25) is 0 Å². The van der Waals surface area contributed by atoms with E-state index in [4.69, 9.17) is 18.9 Å². The van der Waals surface area contributed by atoms with E-state index in [9.17, 15) is 23.5 Å². The van der Waals surface area contributed by atoms with Crippen LogP contribution in [-0.4, -0.2) is 73.6 Å². The number of nitrogens with zero attached hydrogens (tertiary/aromatic N) is 1. The van der Waals surface area contributed by atoms with Crippen LogP contribution in [0.15, 0.2) is 48.5 Å². The number of alkyl halides is 2. The third-order valence-corrected chi connectivity index (χ3v) is 5.49. The first kappa shape index (κ1) is 31.0. The average molecular weight is 538 g/mol. The van der Waals surface area contributed by atoms with Crippen LogP contribution in [0, 0.1) is 0 Å². The second kappa shape index (κ2) is 15.2. The molecule has 0 heterocycles. The Hall–Kier alpha value is -3.24. The van der Waals surface area contributed by atoms with Gasteiger partial charge in [0.05, 0.1) is 13.2 Å². The quantitative estimate of drug-likeness (QED) is 0.287. The summed E-state index contributed by atoms with van der Waals surface area (Å²) >= 11 is 0. The lowest BCUT2D eigenvalue weighted by Gasteiger charge is -2.22. The number of hydrogen-bond acceptors (Lipinski definition) is 6. The van der Waals surface area contributed by atoms with Crippen molar-refractivity contribution in [1.29, 1.82) is 0 Å². The van der Waals surface area contributed by atoms with Gasteiger partial charge < -0.3 is 29.0 Å². The monoisotopic (exact) mass is 537 g/mol. The molecule has 10 heteroatoms. The first-order chi connectivity index (χ1) is 18.0. The smallest absolute Gasteiger partial charge is 0.415 e. The van der Waals surface area contributed by atoms with Gasteiger partial charge in [0.1, 0.15) is 24.7 Å². The minimum absolute atomic E-state index is 0.0370. The molecule has 2 aromatic carbocycles. The molecule has 38 heavy (non-hydrogen) atoms. The fourth-order valence-electron chi connectivity index (χ4n) is 3.43. The number of carbonyl (C=O) groups is 2. The van der Waals surface area contributed by atoms with E-state index in [0.29, 0.717) is 24.0 Å². The second-order valence-electron chi connectivity index (χ2n) is 9.18. The molecule has 1 atom stereocenters. The van der Waals surface area contributed by atoms with Crippen molar-refractivity contribution in [3.05, 3.63) is 59.7 Å². The normalized spacial score (nSPS) is 12.3. The molecule has 0 aliphatic carbocycles. The number of hydrogen-bond donors (Lipinski definition) is 1. The second-order valence-corrected chi connectivity index (χ2v) is 9.18. The van der Waals surface area contributed by atoms with Crippen molar-refractivity contribution in [2.45, 2.75) is 52.1 Å². The van der Waals surface area contributed by atoms with Crippen molar-refractivity contribution in [2.75, 3.05) is 39.5 Å². The first-order valence-electron chi connectivity index (χ1n) is 12.6. The number of carboxylic acids is 1. The summed E-state index contributed by atoms with van der Waals surface area (Å²) in [6.45, 7) is 6.35. The molecule has 0 saturated heterocycles. The lowest BCUT2D eigenvalue weighted by Crippen LogP contribution is -2.39. The van der Waals surface area contributed by atoms with E-state index in [1.54, 1.807) is 43.3 Å². The van der Waals surface area contributed by atoms with Gasteiger partial charge in [-0.05, 0) is 48.2 Å². The Balaban J connectivity index is 1.95. The highest BCUT2D eigenvalue weighted by molar-refractivity contribution is 5.72. The molecule has 0 fully saturated rings. The van der Waals surface area contributed by atoms with Crippen LogP contribution in [0.25, 0.3) is 0 Å². The number of aliphatic carboxylic acids is 1. The molecule has 0 aromatic heterocycles. The topological polar surface area (TPSA) is 94.5 Å². The Morgan fingerprint density at radius 2 is 1.58 bits per heavy atom. The molecule has 0 bridgehead atoms. The van der Waals surface area contributed by atoms with Crippen LogP contribution >= 0.6 is 0 Å². The Morgan fingerprint density at radius 1 is 0.974 bits per heavy atom. The van der Waals surface area contributed by atoms with Gasteiger partial charge in [0, 0.05) is 26.5 Å². The van der Waals surface area contributed by atoms with E-state index in [2.05, 4.69) is 13.8 Å². The fourth-order valence-corrected chi connectivity index (χ4v) is 3.43. The molecule has 0 aliphatic rings. The molecule has 2 aromatic rings. The van der Waals surface area contributed by atoms with Gasteiger partial charge in [-0.15, -0.1) is 0 Å². The summed E-state index contributed by atoms with van der Waals surface area (Å²) in [5.41, 5.74) is 1.88. The van der Waals surface area contributed by atoms with Gasteiger partial charge in [-0.2, -0.15) is 0 Å². The standard InChI is InChI=1S/C28H37F2NO7/c1-5-36-25(26(32)33)18-21-6-10-23(11-7-21)37-17-15-31(14-16-35-19-28(4,29)30)27(34)38-24-12-8-22(9-13-24)20(2)3/h6-13,20,25H,5,14-19H2,1-4H3,(H,32,33). The van der Waals surface area contributed by atoms with Gasteiger partial charge >= 0.3 is 12.1 Å². The molecule has 8 nitrogen and oxygen atoms in total. The zero-order valence-corrected chi connectivity index (χ0v) is 22.3. The third-order valence-electron chi connectivity index (χ3n) is 5.49. The highest BCUT2D eigenvalue weighted by atomic mass is 19.3. The molecule has 1 amide bonds. The maximum absolute atomic E-state index is 13.1. The highest BCUT2D eigenvalue weighted by Gasteiger charge is 2.22. The van der Waals surface area contributed by atoms with Crippen molar-refractivity contribution in [3.8, 4) is 11.5 Å². The van der Waals surface area contributed by atoms with Crippen LogP contribution in [0.5, 0.6) is 11.5 Å². The van der Waals surface area contributed by atoms with Crippen LogP contribution in [0.4, 0.5) is 13.6 Å². The predicted octanol–water partition coefficient (Wildman–Crippen LogP) is 5.39. The highest BCUT2D eigenvalue weighted by Crippen LogP contribution is 2.20. The Kier molecular flexibility index (Phi) is 12.4. The number of benzene rings is 2. The minimum atomic E-state index is -2.97. The lowest BCUT2D eigenvalue weighted by molar-refractivity contribution is -0.149. The molecule has 210 valence electrons. The van der Waals surface area contributed by atoms with Crippen molar-refractivity contribution >= 4 is 12.1 Å². The fraction of sp³-hybridized carbons (Fsp3) is 0.500. The van der Waals surface area contributed by atoms with Gasteiger partial charge in [-0.3, -0.25) is 0 Å². The van der Waals surface area contributed by atoms with E-state index in [1.807, 2.05) is 12.1 Å². The first-order valence-corrected chi connectivity index (χ1v) is 12.6. The predicted molar refractivity (Wildman–Crippen MR) is 138 cm³/mol. The number of rotatable bonds is 16. The Morgan fingerprint density at radius 3 is 2.13 bits per heavy atom. The van der Waals surface area contributed by atoms with Gasteiger partial charge in [0.25, 0.3) is 5.92 Å². The Bertz CT molecular complexity index is 992. The summed E-state index contributed by atoms with van der Waals surface area (Å²) in [6, 6.07) is 14.1. The summed E-state index contributed by atoms with van der Waals surface area (Å²) in [5, 5.41) is 9.24. The number of halogens is 2. The van der Waals surface area contributed by atoms with Crippen LogP contribution < -0.4 is 9.47 Å². The molecular formula is C28H37F2NO7. The molecule has 1 unspecified atom stereocenters. The van der Waals surface area contributed by atoms with Gasteiger partial charge in [-0.25, -0.2) is 18.4 Å². The largest absolute Gasteiger partial charge is 0.492 e. The van der Waals surface area contributed by atoms with Crippen molar-refractivity contribution in [2.24, 2.45) is 0 Å². The summed E-state index contributed by atoms with van der Waals surface area (Å²) in [4.78, 5) is 25.4. The summed E-state index contributed by atoms with van der Waals surface area (Å²) in [6.07, 6.45) is -1.36. The molecule has 0 radical (unpaired) electrons. The molecule has 0 saturated carbocycles. The maximum Gasteiger partial charge on any atom is 0.415 e. The molecule has 2 rings (SSSR count). The van der Waals surface area contributed by atoms with Crippen molar-refractivity contribution in [3.63, 3.8) is 0 Å². The van der Waals surface area contributed by atoms with Crippen molar-refractivity contribution < 1.29 is 42.4 Å². The van der Waals surface area contributed by atoms with Crippen LogP contribution in [0.1, 0.15) is 44.7 Å². The summed E-state index contributed by atoms with van der Waals surface area (Å²) < 4.78 is 47.6. The van der Waals surface area contributed by atoms with Gasteiger partial charge in [0.15, 0.2) is 6.10 Å². The number of carbonyl (C=O) groups excluding carboxylic acids is 1. The third kappa shape index (κ3) is 11.4. The van der Waals surface area contributed by atoms with E-state index >= 15 is 0 Å². The van der Waals surface area contributed by atoms with Crippen LogP contribution in [-0.2, 0) is 20.7 Å². The summed E-state index contributed by atoms with van der Waals surface area (Å²) in [5.74, 6) is -2.77.